The molecule has 0 unspecified atom stereocenters. The maximum absolute atomic E-state index is 11.0. The number of ether oxygens (including phenoxy) is 1. The van der Waals surface area contributed by atoms with Crippen LogP contribution >= 0.6 is 0 Å². The monoisotopic (exact) mass is 354 g/mol. The molecule has 1 aliphatic heterocycles. The Balaban J connectivity index is 1.53. The van der Waals surface area contributed by atoms with Gasteiger partial charge < -0.3 is 14.7 Å². The summed E-state index contributed by atoms with van der Waals surface area (Å²) in [7, 11) is 1.67. The number of methoxy groups -OCH3 is 1. The lowest BCUT2D eigenvalue weighted by Gasteiger charge is -2.34. The van der Waals surface area contributed by atoms with Gasteiger partial charge >= 0.3 is 5.97 Å². The standard InChI is InChI=1S/C19H22N4O3/c1-26-17-7-3-2-5-15(17)6-4-8-22-9-11-23(12-10-22)18-14-20-13-16(21-18)19(24)25/h2-7,13-14H,8-12H2,1H3,(H,24,25)/b6-4+. The number of piperazine rings is 1. The van der Waals surface area contributed by atoms with Crippen LogP contribution in [0, 0.1) is 0 Å². The summed E-state index contributed by atoms with van der Waals surface area (Å²) in [6.07, 6.45) is 7.10. The molecule has 136 valence electrons. The highest BCUT2D eigenvalue weighted by Crippen LogP contribution is 2.19. The van der Waals surface area contributed by atoms with Crippen LogP contribution in [-0.4, -0.2) is 65.8 Å². The highest BCUT2D eigenvalue weighted by atomic mass is 16.5. The van der Waals surface area contributed by atoms with Crippen molar-refractivity contribution in [1.29, 1.82) is 0 Å². The molecule has 0 aliphatic carbocycles. The van der Waals surface area contributed by atoms with Gasteiger partial charge in [-0.05, 0) is 6.07 Å². The summed E-state index contributed by atoms with van der Waals surface area (Å²) >= 11 is 0. The first-order valence-corrected chi connectivity index (χ1v) is 8.49. The van der Waals surface area contributed by atoms with E-state index in [9.17, 15) is 4.79 Å². The Hall–Kier alpha value is -2.93. The average molecular weight is 354 g/mol. The molecule has 1 aliphatic rings. The van der Waals surface area contributed by atoms with Gasteiger partial charge in [0.1, 0.15) is 11.6 Å². The number of carboxylic acid groups (broad SMARTS) is 1. The Morgan fingerprint density at radius 2 is 2.00 bits per heavy atom. The predicted octanol–water partition coefficient (Wildman–Crippen LogP) is 2.02. The summed E-state index contributed by atoms with van der Waals surface area (Å²) in [6, 6.07) is 7.93. The first-order chi connectivity index (χ1) is 12.7. The number of hydrogen-bond acceptors (Lipinski definition) is 6. The minimum absolute atomic E-state index is 0.0235. The maximum Gasteiger partial charge on any atom is 0.356 e. The van der Waals surface area contributed by atoms with E-state index in [2.05, 4.69) is 31.9 Å². The smallest absolute Gasteiger partial charge is 0.356 e. The third-order valence-electron chi connectivity index (χ3n) is 4.34. The van der Waals surface area contributed by atoms with Crippen molar-refractivity contribution in [2.24, 2.45) is 0 Å². The van der Waals surface area contributed by atoms with Crippen LogP contribution in [-0.2, 0) is 0 Å². The van der Waals surface area contributed by atoms with E-state index in [4.69, 9.17) is 9.84 Å². The third-order valence-corrected chi connectivity index (χ3v) is 4.34. The van der Waals surface area contributed by atoms with E-state index < -0.39 is 5.97 Å². The van der Waals surface area contributed by atoms with E-state index in [1.54, 1.807) is 13.3 Å². The Kier molecular flexibility index (Phi) is 5.80. The molecule has 7 heteroatoms. The number of carbonyl (C=O) groups is 1. The topological polar surface area (TPSA) is 78.8 Å². The molecular weight excluding hydrogens is 332 g/mol. The second-order valence-electron chi connectivity index (χ2n) is 6.00. The fraction of sp³-hybridized carbons (Fsp3) is 0.316. The van der Waals surface area contributed by atoms with Crippen LogP contribution in [0.15, 0.2) is 42.7 Å². The number of carboxylic acids is 1. The molecule has 1 saturated heterocycles. The summed E-state index contributed by atoms with van der Waals surface area (Å²) in [5.41, 5.74) is 1.04. The lowest BCUT2D eigenvalue weighted by atomic mass is 10.2. The zero-order chi connectivity index (χ0) is 18.4. The Bertz CT molecular complexity index is 786. The molecule has 1 N–H and O–H groups in total. The molecule has 1 fully saturated rings. The van der Waals surface area contributed by atoms with Crippen molar-refractivity contribution in [1.82, 2.24) is 14.9 Å². The first-order valence-electron chi connectivity index (χ1n) is 8.49. The van der Waals surface area contributed by atoms with Gasteiger partial charge in [-0.2, -0.15) is 0 Å². The zero-order valence-corrected chi connectivity index (χ0v) is 14.7. The summed E-state index contributed by atoms with van der Waals surface area (Å²) in [5, 5.41) is 9.03. The number of aromatic carboxylic acids is 1. The molecule has 0 bridgehead atoms. The van der Waals surface area contributed by atoms with E-state index in [1.165, 1.54) is 6.20 Å². The molecule has 0 spiro atoms. The second-order valence-corrected chi connectivity index (χ2v) is 6.00. The van der Waals surface area contributed by atoms with Crippen molar-refractivity contribution < 1.29 is 14.6 Å². The molecule has 2 aromatic rings. The third kappa shape index (κ3) is 4.37. The summed E-state index contributed by atoms with van der Waals surface area (Å²) in [4.78, 5) is 23.6. The van der Waals surface area contributed by atoms with Crippen LogP contribution in [0.1, 0.15) is 16.1 Å². The summed E-state index contributed by atoms with van der Waals surface area (Å²) in [6.45, 7) is 4.21. The van der Waals surface area contributed by atoms with Gasteiger partial charge in [0.05, 0.1) is 19.5 Å². The maximum atomic E-state index is 11.0. The van der Waals surface area contributed by atoms with E-state index in [0.29, 0.717) is 5.82 Å². The first kappa shape index (κ1) is 17.9. The van der Waals surface area contributed by atoms with Gasteiger partial charge in [-0.3, -0.25) is 9.88 Å². The van der Waals surface area contributed by atoms with E-state index in [0.717, 1.165) is 44.0 Å². The van der Waals surface area contributed by atoms with E-state index in [1.807, 2.05) is 24.3 Å². The van der Waals surface area contributed by atoms with Crippen molar-refractivity contribution in [3.8, 4) is 5.75 Å². The van der Waals surface area contributed by atoms with Gasteiger partial charge in [0.15, 0.2) is 5.69 Å². The molecule has 0 radical (unpaired) electrons. The van der Waals surface area contributed by atoms with Gasteiger partial charge in [0.2, 0.25) is 0 Å². The van der Waals surface area contributed by atoms with Gasteiger partial charge in [-0.1, -0.05) is 30.4 Å². The van der Waals surface area contributed by atoms with Crippen molar-refractivity contribution in [2.45, 2.75) is 0 Å². The second kappa shape index (κ2) is 8.44. The Labute approximate surface area is 152 Å². The van der Waals surface area contributed by atoms with E-state index in [-0.39, 0.29) is 5.69 Å². The number of anilines is 1. The number of hydrogen-bond donors (Lipinski definition) is 1. The lowest BCUT2D eigenvalue weighted by Crippen LogP contribution is -2.46. The van der Waals surface area contributed by atoms with Crippen LogP contribution in [0.5, 0.6) is 5.75 Å². The van der Waals surface area contributed by atoms with Crippen LogP contribution < -0.4 is 9.64 Å². The van der Waals surface area contributed by atoms with Crippen molar-refractivity contribution >= 4 is 17.9 Å². The molecule has 1 aromatic heterocycles. The number of aromatic nitrogens is 2. The van der Waals surface area contributed by atoms with Gasteiger partial charge in [-0.15, -0.1) is 0 Å². The fourth-order valence-corrected chi connectivity index (χ4v) is 2.90. The number of benzene rings is 1. The SMILES string of the molecule is COc1ccccc1/C=C/CN1CCN(c2cncc(C(=O)O)n2)CC1. The minimum Gasteiger partial charge on any atom is -0.496 e. The molecule has 3 rings (SSSR count). The Morgan fingerprint density at radius 3 is 2.73 bits per heavy atom. The molecule has 0 atom stereocenters. The predicted molar refractivity (Wildman–Crippen MR) is 99.7 cm³/mol. The van der Waals surface area contributed by atoms with Crippen molar-refractivity contribution in [3.05, 3.63) is 54.0 Å². The summed E-state index contributed by atoms with van der Waals surface area (Å²) < 4.78 is 5.35. The van der Waals surface area contributed by atoms with Crippen LogP contribution in [0.25, 0.3) is 6.08 Å². The van der Waals surface area contributed by atoms with Crippen LogP contribution in [0.3, 0.4) is 0 Å². The fourth-order valence-electron chi connectivity index (χ4n) is 2.90. The average Bonchev–Trinajstić information content (AvgIpc) is 2.69. The number of nitrogens with zero attached hydrogens (tertiary/aromatic N) is 4. The van der Waals surface area contributed by atoms with Crippen molar-refractivity contribution in [3.63, 3.8) is 0 Å². The van der Waals surface area contributed by atoms with Gasteiger partial charge in [0.25, 0.3) is 0 Å². The molecule has 7 nitrogen and oxygen atoms in total. The van der Waals surface area contributed by atoms with Crippen LogP contribution in [0.4, 0.5) is 5.82 Å². The summed E-state index contributed by atoms with van der Waals surface area (Å²) in [5.74, 6) is 0.430. The molecule has 2 heterocycles. The van der Waals surface area contributed by atoms with E-state index >= 15 is 0 Å². The molecule has 0 amide bonds. The molecule has 0 saturated carbocycles. The molecule has 26 heavy (non-hydrogen) atoms. The number of para-hydroxylation sites is 1. The zero-order valence-electron chi connectivity index (χ0n) is 14.7. The van der Waals surface area contributed by atoms with Gasteiger partial charge in [-0.25, -0.2) is 9.78 Å². The highest BCUT2D eigenvalue weighted by molar-refractivity contribution is 5.85. The minimum atomic E-state index is -1.06. The largest absolute Gasteiger partial charge is 0.496 e. The van der Waals surface area contributed by atoms with Gasteiger partial charge in [0, 0.05) is 38.3 Å². The molecule has 1 aromatic carbocycles. The lowest BCUT2D eigenvalue weighted by molar-refractivity contribution is 0.0690. The normalized spacial score (nSPS) is 15.3. The van der Waals surface area contributed by atoms with Crippen molar-refractivity contribution in [2.75, 3.05) is 44.7 Å². The quantitative estimate of drug-likeness (QED) is 0.850. The highest BCUT2D eigenvalue weighted by Gasteiger charge is 2.18. The number of rotatable bonds is 6. The molecular formula is C19H22N4O3. The Morgan fingerprint density at radius 1 is 1.23 bits per heavy atom. The van der Waals surface area contributed by atoms with Crippen LogP contribution in [0.2, 0.25) is 0 Å².